The third kappa shape index (κ3) is 3.83. The minimum atomic E-state index is 0.513. The molecule has 2 aromatic heterocycles. The number of ether oxygens (including phenoxy) is 1. The van der Waals surface area contributed by atoms with Gasteiger partial charge in [0.2, 0.25) is 5.88 Å². The van der Waals surface area contributed by atoms with Crippen LogP contribution in [0.4, 0.5) is 5.82 Å². The van der Waals surface area contributed by atoms with Crippen molar-refractivity contribution in [1.82, 2.24) is 9.97 Å². The van der Waals surface area contributed by atoms with Gasteiger partial charge in [-0.25, -0.2) is 9.97 Å². The molecule has 1 fully saturated rings. The number of piperidine rings is 1. The number of hydrogen-bond donors (Lipinski definition) is 0. The van der Waals surface area contributed by atoms with E-state index < -0.39 is 0 Å². The predicted molar refractivity (Wildman–Crippen MR) is 93.1 cm³/mol. The van der Waals surface area contributed by atoms with Gasteiger partial charge in [0, 0.05) is 30.5 Å². The number of nitrogens with zero attached hydrogens (tertiary/aromatic N) is 4. The Morgan fingerprint density at radius 2 is 1.88 bits per heavy atom. The SMILES string of the molecule is Cc1cccc(OCC2CCN(c3nc(C)ccc3C#N)CC2)n1. The summed E-state index contributed by atoms with van der Waals surface area (Å²) in [5, 5.41) is 9.28. The summed E-state index contributed by atoms with van der Waals surface area (Å²) in [5.74, 6) is 2.03. The lowest BCUT2D eigenvalue weighted by Crippen LogP contribution is -2.36. The zero-order valence-electron chi connectivity index (χ0n) is 14.2. The first kappa shape index (κ1) is 16.3. The number of aromatic nitrogens is 2. The molecule has 1 saturated heterocycles. The van der Waals surface area contributed by atoms with Crippen molar-refractivity contribution in [3.63, 3.8) is 0 Å². The Kier molecular flexibility index (Phi) is 4.95. The Morgan fingerprint density at radius 1 is 1.12 bits per heavy atom. The van der Waals surface area contributed by atoms with Crippen LogP contribution in [0, 0.1) is 31.1 Å². The van der Waals surface area contributed by atoms with E-state index in [0.29, 0.717) is 24.0 Å². The topological polar surface area (TPSA) is 62.0 Å². The lowest BCUT2D eigenvalue weighted by atomic mass is 9.97. The van der Waals surface area contributed by atoms with Crippen LogP contribution in [0.3, 0.4) is 0 Å². The maximum absolute atomic E-state index is 9.28. The second kappa shape index (κ2) is 7.31. The highest BCUT2D eigenvalue weighted by atomic mass is 16.5. The van der Waals surface area contributed by atoms with Crippen LogP contribution in [0.5, 0.6) is 5.88 Å². The molecule has 3 rings (SSSR count). The van der Waals surface area contributed by atoms with Crippen LogP contribution < -0.4 is 9.64 Å². The molecule has 2 aromatic rings. The van der Waals surface area contributed by atoms with E-state index in [1.54, 1.807) is 0 Å². The van der Waals surface area contributed by atoms with E-state index in [0.717, 1.165) is 43.1 Å². The standard InChI is InChI=1S/C19H22N4O/c1-14-4-3-5-18(21-14)24-13-16-8-10-23(11-9-16)19-17(12-20)7-6-15(2)22-19/h3-7,16H,8-11,13H2,1-2H3. The Hall–Kier alpha value is -2.61. The smallest absolute Gasteiger partial charge is 0.213 e. The third-order valence-corrected chi connectivity index (χ3v) is 4.38. The number of nitriles is 1. The molecular weight excluding hydrogens is 300 g/mol. The normalized spacial score (nSPS) is 15.1. The number of aryl methyl sites for hydroxylation is 2. The molecule has 1 aliphatic heterocycles. The monoisotopic (exact) mass is 322 g/mol. The fourth-order valence-electron chi connectivity index (χ4n) is 2.98. The molecule has 5 nitrogen and oxygen atoms in total. The fraction of sp³-hybridized carbons (Fsp3) is 0.421. The average molecular weight is 322 g/mol. The average Bonchev–Trinajstić information content (AvgIpc) is 2.60. The summed E-state index contributed by atoms with van der Waals surface area (Å²) in [6, 6.07) is 11.8. The Morgan fingerprint density at radius 3 is 2.58 bits per heavy atom. The van der Waals surface area contributed by atoms with Crippen molar-refractivity contribution in [1.29, 1.82) is 5.26 Å². The van der Waals surface area contributed by atoms with E-state index >= 15 is 0 Å². The molecule has 0 atom stereocenters. The molecule has 1 aliphatic rings. The van der Waals surface area contributed by atoms with Gasteiger partial charge in [-0.1, -0.05) is 6.07 Å². The molecule has 0 bridgehead atoms. The fourth-order valence-corrected chi connectivity index (χ4v) is 2.98. The Labute approximate surface area is 142 Å². The second-order valence-corrected chi connectivity index (χ2v) is 6.29. The summed E-state index contributed by atoms with van der Waals surface area (Å²) in [5.41, 5.74) is 2.57. The van der Waals surface area contributed by atoms with Gasteiger partial charge in [-0.3, -0.25) is 0 Å². The van der Waals surface area contributed by atoms with E-state index in [1.165, 1.54) is 0 Å². The van der Waals surface area contributed by atoms with Crippen LogP contribution in [0.1, 0.15) is 29.8 Å². The maximum atomic E-state index is 9.28. The summed E-state index contributed by atoms with van der Waals surface area (Å²) in [4.78, 5) is 11.1. The molecule has 0 amide bonds. The number of hydrogen-bond acceptors (Lipinski definition) is 5. The van der Waals surface area contributed by atoms with Crippen LogP contribution in [0.25, 0.3) is 0 Å². The largest absolute Gasteiger partial charge is 0.477 e. The van der Waals surface area contributed by atoms with Gasteiger partial charge in [0.05, 0.1) is 12.2 Å². The maximum Gasteiger partial charge on any atom is 0.213 e. The molecule has 5 heteroatoms. The highest BCUT2D eigenvalue weighted by Gasteiger charge is 2.22. The lowest BCUT2D eigenvalue weighted by Gasteiger charge is -2.33. The van der Waals surface area contributed by atoms with Gasteiger partial charge in [0.15, 0.2) is 0 Å². The minimum Gasteiger partial charge on any atom is -0.477 e. The summed E-state index contributed by atoms with van der Waals surface area (Å²) in [6.07, 6.45) is 2.07. The lowest BCUT2D eigenvalue weighted by molar-refractivity contribution is 0.215. The number of pyridine rings is 2. The Bertz CT molecular complexity index is 745. The molecule has 0 aromatic carbocycles. The van der Waals surface area contributed by atoms with E-state index in [9.17, 15) is 5.26 Å². The predicted octanol–water partition coefficient (Wildman–Crippen LogP) is 3.26. The molecule has 3 heterocycles. The van der Waals surface area contributed by atoms with Crippen LogP contribution >= 0.6 is 0 Å². The van der Waals surface area contributed by atoms with Gasteiger partial charge in [0.25, 0.3) is 0 Å². The third-order valence-electron chi connectivity index (χ3n) is 4.38. The zero-order valence-corrected chi connectivity index (χ0v) is 14.2. The zero-order chi connectivity index (χ0) is 16.9. The number of rotatable bonds is 4. The minimum absolute atomic E-state index is 0.513. The molecule has 0 aliphatic carbocycles. The van der Waals surface area contributed by atoms with Crippen molar-refractivity contribution < 1.29 is 4.74 Å². The van der Waals surface area contributed by atoms with E-state index in [-0.39, 0.29) is 0 Å². The van der Waals surface area contributed by atoms with Crippen molar-refractivity contribution in [3.8, 4) is 11.9 Å². The quantitative estimate of drug-likeness (QED) is 0.864. The summed E-state index contributed by atoms with van der Waals surface area (Å²) in [7, 11) is 0. The van der Waals surface area contributed by atoms with Gasteiger partial charge in [-0.05, 0) is 50.8 Å². The van der Waals surface area contributed by atoms with Crippen molar-refractivity contribution in [2.45, 2.75) is 26.7 Å². The van der Waals surface area contributed by atoms with Crippen LogP contribution in [0.2, 0.25) is 0 Å². The van der Waals surface area contributed by atoms with Crippen molar-refractivity contribution in [3.05, 3.63) is 47.3 Å². The van der Waals surface area contributed by atoms with E-state index in [2.05, 4.69) is 20.9 Å². The van der Waals surface area contributed by atoms with E-state index in [4.69, 9.17) is 4.74 Å². The molecule has 124 valence electrons. The van der Waals surface area contributed by atoms with Gasteiger partial charge >= 0.3 is 0 Å². The molecule has 24 heavy (non-hydrogen) atoms. The Balaban J connectivity index is 1.56. The van der Waals surface area contributed by atoms with Crippen molar-refractivity contribution in [2.24, 2.45) is 5.92 Å². The van der Waals surface area contributed by atoms with Gasteiger partial charge < -0.3 is 9.64 Å². The van der Waals surface area contributed by atoms with Crippen LogP contribution in [0.15, 0.2) is 30.3 Å². The highest BCUT2D eigenvalue weighted by molar-refractivity contribution is 5.54. The first-order valence-corrected chi connectivity index (χ1v) is 8.35. The summed E-state index contributed by atoms with van der Waals surface area (Å²) in [6.45, 7) is 6.42. The molecular formula is C19H22N4O. The molecule has 0 unspecified atom stereocenters. The van der Waals surface area contributed by atoms with Crippen molar-refractivity contribution >= 4 is 5.82 Å². The first-order valence-electron chi connectivity index (χ1n) is 8.35. The molecule has 0 spiro atoms. The molecule has 0 N–H and O–H groups in total. The van der Waals surface area contributed by atoms with Gasteiger partial charge in [-0.15, -0.1) is 0 Å². The molecule has 0 saturated carbocycles. The van der Waals surface area contributed by atoms with Gasteiger partial charge in [0.1, 0.15) is 11.9 Å². The van der Waals surface area contributed by atoms with Crippen molar-refractivity contribution in [2.75, 3.05) is 24.6 Å². The first-order chi connectivity index (χ1) is 11.7. The number of anilines is 1. The molecule has 0 radical (unpaired) electrons. The van der Waals surface area contributed by atoms with Gasteiger partial charge in [-0.2, -0.15) is 5.26 Å². The van der Waals surface area contributed by atoms with Crippen LogP contribution in [-0.2, 0) is 0 Å². The summed E-state index contributed by atoms with van der Waals surface area (Å²) >= 11 is 0. The highest BCUT2D eigenvalue weighted by Crippen LogP contribution is 2.25. The van der Waals surface area contributed by atoms with E-state index in [1.807, 2.05) is 44.2 Å². The second-order valence-electron chi connectivity index (χ2n) is 6.29. The summed E-state index contributed by atoms with van der Waals surface area (Å²) < 4.78 is 5.83. The van der Waals surface area contributed by atoms with Crippen LogP contribution in [-0.4, -0.2) is 29.7 Å².